The highest BCUT2D eigenvalue weighted by molar-refractivity contribution is 7.99. The van der Waals surface area contributed by atoms with Crippen molar-refractivity contribution in [1.82, 2.24) is 15.2 Å². The van der Waals surface area contributed by atoms with Gasteiger partial charge >= 0.3 is 0 Å². The number of nitrogens with zero attached hydrogens (tertiary/aromatic N) is 2. The topological polar surface area (TPSA) is 79.9 Å². The number of aromatic amines is 1. The van der Waals surface area contributed by atoms with Gasteiger partial charge < -0.3 is 10.1 Å². The minimum Gasteiger partial charge on any atom is -0.495 e. The van der Waals surface area contributed by atoms with Crippen molar-refractivity contribution in [2.24, 2.45) is 0 Å². The van der Waals surface area contributed by atoms with E-state index in [1.165, 1.54) is 11.8 Å². The number of methoxy groups -OCH3 is 1. The Hall–Kier alpha value is -1.73. The first kappa shape index (κ1) is 16.6. The molecule has 1 aromatic carbocycles. The summed E-state index contributed by atoms with van der Waals surface area (Å²) < 4.78 is 5.06. The summed E-state index contributed by atoms with van der Waals surface area (Å²) in [6, 6.07) is 5.08. The number of H-pyrrole nitrogens is 1. The van der Waals surface area contributed by atoms with Crippen molar-refractivity contribution in [1.29, 1.82) is 0 Å². The van der Waals surface area contributed by atoms with E-state index in [2.05, 4.69) is 20.5 Å². The Morgan fingerprint density at radius 3 is 2.86 bits per heavy atom. The van der Waals surface area contributed by atoms with Crippen molar-refractivity contribution in [2.75, 3.05) is 18.2 Å². The molecule has 22 heavy (non-hydrogen) atoms. The fourth-order valence-electron chi connectivity index (χ4n) is 1.65. The first-order valence-corrected chi connectivity index (χ1v) is 8.04. The molecule has 0 fully saturated rings. The van der Waals surface area contributed by atoms with Crippen LogP contribution in [0, 0.1) is 0 Å². The van der Waals surface area contributed by atoms with E-state index in [-0.39, 0.29) is 17.6 Å². The molecule has 8 heteroatoms. The molecule has 0 bridgehead atoms. The molecule has 0 saturated heterocycles. The standard InChI is InChI=1S/C14H17ClN4O2S/c1-8(2)13-17-14(19-18-13)22-7-12(20)16-9-4-5-11(21-3)10(15)6-9/h4-6,8H,7H2,1-3H3,(H,16,20)(H,17,18,19). The van der Waals surface area contributed by atoms with E-state index in [0.29, 0.717) is 21.6 Å². The summed E-state index contributed by atoms with van der Waals surface area (Å²) in [4.78, 5) is 16.2. The Morgan fingerprint density at radius 1 is 1.50 bits per heavy atom. The summed E-state index contributed by atoms with van der Waals surface area (Å²) in [6.45, 7) is 4.05. The van der Waals surface area contributed by atoms with Gasteiger partial charge in [0.2, 0.25) is 11.1 Å². The molecule has 0 aliphatic heterocycles. The van der Waals surface area contributed by atoms with Crippen molar-refractivity contribution in [3.63, 3.8) is 0 Å². The molecule has 0 aliphatic rings. The van der Waals surface area contributed by atoms with E-state index >= 15 is 0 Å². The maximum Gasteiger partial charge on any atom is 0.234 e. The fraction of sp³-hybridized carbons (Fsp3) is 0.357. The van der Waals surface area contributed by atoms with Gasteiger partial charge in [-0.2, -0.15) is 0 Å². The van der Waals surface area contributed by atoms with Crippen molar-refractivity contribution < 1.29 is 9.53 Å². The zero-order chi connectivity index (χ0) is 16.1. The lowest BCUT2D eigenvalue weighted by atomic mass is 10.2. The van der Waals surface area contributed by atoms with Gasteiger partial charge in [-0.3, -0.25) is 9.89 Å². The lowest BCUT2D eigenvalue weighted by Crippen LogP contribution is -2.14. The number of amides is 1. The third-order valence-electron chi connectivity index (χ3n) is 2.80. The van der Waals surface area contributed by atoms with Crippen molar-refractivity contribution in [2.45, 2.75) is 24.9 Å². The first-order chi connectivity index (χ1) is 10.5. The SMILES string of the molecule is COc1ccc(NC(=O)CSc2n[nH]c(C(C)C)n2)cc1Cl. The largest absolute Gasteiger partial charge is 0.495 e. The van der Waals surface area contributed by atoms with Crippen molar-refractivity contribution in [3.8, 4) is 5.75 Å². The summed E-state index contributed by atoms with van der Waals surface area (Å²) in [6.07, 6.45) is 0. The normalized spacial score (nSPS) is 10.8. The zero-order valence-electron chi connectivity index (χ0n) is 12.5. The zero-order valence-corrected chi connectivity index (χ0v) is 14.1. The number of carbonyl (C=O) groups excluding carboxylic acids is 1. The van der Waals surface area contributed by atoms with Crippen LogP contribution < -0.4 is 10.1 Å². The van der Waals surface area contributed by atoms with Gasteiger partial charge in [0.1, 0.15) is 11.6 Å². The van der Waals surface area contributed by atoms with Crippen LogP contribution in [0.1, 0.15) is 25.6 Å². The summed E-state index contributed by atoms with van der Waals surface area (Å²) >= 11 is 7.29. The number of anilines is 1. The molecule has 118 valence electrons. The minimum atomic E-state index is -0.151. The second-order valence-electron chi connectivity index (χ2n) is 4.84. The summed E-state index contributed by atoms with van der Waals surface area (Å²) in [5, 5.41) is 10.7. The van der Waals surface area contributed by atoms with Crippen LogP contribution in [0.3, 0.4) is 0 Å². The summed E-state index contributed by atoms with van der Waals surface area (Å²) in [7, 11) is 1.54. The van der Waals surface area contributed by atoms with Gasteiger partial charge in [0.15, 0.2) is 0 Å². The van der Waals surface area contributed by atoms with E-state index < -0.39 is 0 Å². The monoisotopic (exact) mass is 340 g/mol. The minimum absolute atomic E-state index is 0.151. The molecule has 0 spiro atoms. The number of halogens is 1. The maximum absolute atomic E-state index is 11.9. The van der Waals surface area contributed by atoms with Gasteiger partial charge in [0.05, 0.1) is 17.9 Å². The number of hydrogen-bond acceptors (Lipinski definition) is 5. The third-order valence-corrected chi connectivity index (χ3v) is 3.94. The third kappa shape index (κ3) is 4.38. The number of ether oxygens (including phenoxy) is 1. The molecule has 1 aromatic heterocycles. The lowest BCUT2D eigenvalue weighted by molar-refractivity contribution is -0.113. The van der Waals surface area contributed by atoms with Gasteiger partial charge in [-0.25, -0.2) is 4.98 Å². The Balaban J connectivity index is 1.88. The predicted octanol–water partition coefficient (Wildman–Crippen LogP) is 3.32. The Bertz CT molecular complexity index is 660. The summed E-state index contributed by atoms with van der Waals surface area (Å²) in [5.74, 6) is 1.72. The average Bonchev–Trinajstić information content (AvgIpc) is 2.94. The van der Waals surface area contributed by atoms with E-state index in [1.807, 2.05) is 13.8 Å². The van der Waals surface area contributed by atoms with Crippen molar-refractivity contribution in [3.05, 3.63) is 29.0 Å². The Labute approximate surface area is 138 Å². The van der Waals surface area contributed by atoms with E-state index in [4.69, 9.17) is 16.3 Å². The molecule has 1 heterocycles. The molecule has 2 N–H and O–H groups in total. The average molecular weight is 341 g/mol. The molecular formula is C14H17ClN4O2S. The molecule has 0 unspecified atom stereocenters. The highest BCUT2D eigenvalue weighted by Crippen LogP contribution is 2.27. The number of rotatable bonds is 6. The predicted molar refractivity (Wildman–Crippen MR) is 87.8 cm³/mol. The first-order valence-electron chi connectivity index (χ1n) is 6.68. The molecule has 1 amide bonds. The van der Waals surface area contributed by atoms with Gasteiger partial charge in [-0.15, -0.1) is 5.10 Å². The number of nitrogens with one attached hydrogen (secondary N) is 2. The van der Waals surface area contributed by atoms with E-state index in [1.54, 1.807) is 25.3 Å². The van der Waals surface area contributed by atoms with Crippen LogP contribution in [0.4, 0.5) is 5.69 Å². The maximum atomic E-state index is 11.9. The van der Waals surface area contributed by atoms with Crippen LogP contribution >= 0.6 is 23.4 Å². The molecule has 2 aromatic rings. The Kier molecular flexibility index (Phi) is 5.68. The van der Waals surface area contributed by atoms with Crippen LogP contribution in [-0.2, 0) is 4.79 Å². The van der Waals surface area contributed by atoms with Crippen molar-refractivity contribution >= 4 is 35.0 Å². The summed E-state index contributed by atoms with van der Waals surface area (Å²) in [5.41, 5.74) is 0.620. The molecule has 0 atom stereocenters. The molecule has 0 radical (unpaired) electrons. The van der Waals surface area contributed by atoms with Gasteiger partial charge in [-0.05, 0) is 18.2 Å². The van der Waals surface area contributed by atoms with Crippen LogP contribution in [-0.4, -0.2) is 34.0 Å². The second kappa shape index (κ2) is 7.51. The number of hydrogen-bond donors (Lipinski definition) is 2. The molecular weight excluding hydrogens is 324 g/mol. The quantitative estimate of drug-likeness (QED) is 0.788. The number of carbonyl (C=O) groups is 1. The molecule has 2 rings (SSSR count). The number of thioether (sulfide) groups is 1. The molecule has 6 nitrogen and oxygen atoms in total. The second-order valence-corrected chi connectivity index (χ2v) is 6.19. The van der Waals surface area contributed by atoms with Crippen LogP contribution in [0.25, 0.3) is 0 Å². The Morgan fingerprint density at radius 2 is 2.27 bits per heavy atom. The van der Waals surface area contributed by atoms with E-state index in [0.717, 1.165) is 5.82 Å². The van der Waals surface area contributed by atoms with Gasteiger partial charge in [0.25, 0.3) is 0 Å². The fourth-order valence-corrected chi connectivity index (χ4v) is 2.52. The van der Waals surface area contributed by atoms with Gasteiger partial charge in [-0.1, -0.05) is 37.2 Å². The smallest absolute Gasteiger partial charge is 0.234 e. The number of aromatic nitrogens is 3. The van der Waals surface area contributed by atoms with Crippen LogP contribution in [0.5, 0.6) is 5.75 Å². The van der Waals surface area contributed by atoms with Crippen LogP contribution in [0.2, 0.25) is 5.02 Å². The number of benzene rings is 1. The highest BCUT2D eigenvalue weighted by atomic mass is 35.5. The van der Waals surface area contributed by atoms with Gasteiger partial charge in [0, 0.05) is 11.6 Å². The molecule has 0 saturated carbocycles. The van der Waals surface area contributed by atoms with E-state index in [9.17, 15) is 4.79 Å². The lowest BCUT2D eigenvalue weighted by Gasteiger charge is -2.07. The highest BCUT2D eigenvalue weighted by Gasteiger charge is 2.10. The molecule has 0 aliphatic carbocycles. The van der Waals surface area contributed by atoms with Crippen LogP contribution in [0.15, 0.2) is 23.4 Å².